The van der Waals surface area contributed by atoms with E-state index in [1.807, 2.05) is 6.07 Å². The zero-order chi connectivity index (χ0) is 21.5. The molecule has 0 bridgehead atoms. The molecule has 0 radical (unpaired) electrons. The van der Waals surface area contributed by atoms with E-state index < -0.39 is 12.6 Å². The summed E-state index contributed by atoms with van der Waals surface area (Å²) in [6.07, 6.45) is -0.255. The molecule has 1 spiro atoms. The summed E-state index contributed by atoms with van der Waals surface area (Å²) in [6.45, 7) is 5.00. The van der Waals surface area contributed by atoms with Crippen LogP contribution in [0.1, 0.15) is 29.7 Å². The predicted molar refractivity (Wildman–Crippen MR) is 117 cm³/mol. The Kier molecular flexibility index (Phi) is 5.38. The van der Waals surface area contributed by atoms with Gasteiger partial charge in [-0.05, 0) is 42.9 Å². The van der Waals surface area contributed by atoms with Crippen molar-refractivity contribution in [2.75, 3.05) is 31.1 Å². The first-order valence-corrected chi connectivity index (χ1v) is 11.5. The van der Waals surface area contributed by atoms with Gasteiger partial charge in [-0.15, -0.1) is 11.3 Å². The molecule has 1 aromatic carbocycles. The molecule has 2 aliphatic rings. The van der Waals surface area contributed by atoms with Crippen molar-refractivity contribution in [1.29, 1.82) is 0 Å². The van der Waals surface area contributed by atoms with Gasteiger partial charge in [0.25, 0.3) is 0 Å². The lowest BCUT2D eigenvalue weighted by Crippen LogP contribution is -2.42. The van der Waals surface area contributed by atoms with Crippen molar-refractivity contribution < 1.29 is 13.2 Å². The maximum atomic E-state index is 12.8. The van der Waals surface area contributed by atoms with Crippen molar-refractivity contribution in [3.8, 4) is 0 Å². The maximum absolute atomic E-state index is 12.8. The van der Waals surface area contributed by atoms with E-state index >= 15 is 0 Å². The number of alkyl halides is 3. The van der Waals surface area contributed by atoms with Gasteiger partial charge >= 0.3 is 6.18 Å². The number of hydrogen-bond acceptors (Lipinski definition) is 5. The van der Waals surface area contributed by atoms with Crippen molar-refractivity contribution in [2.45, 2.75) is 38.4 Å². The summed E-state index contributed by atoms with van der Waals surface area (Å²) < 4.78 is 38.5. The van der Waals surface area contributed by atoms with Gasteiger partial charge in [-0.1, -0.05) is 30.3 Å². The number of anilines is 1. The SMILES string of the molecule is FC(F)(F)Cc1cc2c(N3CCC4(CCN(Cc5ccccc5)C4)CC3)ncnc2s1. The third-order valence-electron chi connectivity index (χ3n) is 6.62. The molecule has 8 heteroatoms. The first kappa shape index (κ1) is 20.7. The van der Waals surface area contributed by atoms with Gasteiger partial charge < -0.3 is 4.90 Å². The number of rotatable bonds is 4. The number of halogens is 3. The number of piperidine rings is 1. The van der Waals surface area contributed by atoms with Crippen molar-refractivity contribution in [3.63, 3.8) is 0 Å². The number of fused-ring (bicyclic) bond motifs is 1. The molecule has 4 nitrogen and oxygen atoms in total. The lowest BCUT2D eigenvalue weighted by molar-refractivity contribution is -0.126. The minimum atomic E-state index is -4.21. The van der Waals surface area contributed by atoms with Crippen LogP contribution < -0.4 is 4.90 Å². The zero-order valence-electron chi connectivity index (χ0n) is 17.2. The van der Waals surface area contributed by atoms with E-state index in [0.717, 1.165) is 68.1 Å². The Morgan fingerprint density at radius 2 is 1.74 bits per heavy atom. The average Bonchev–Trinajstić information content (AvgIpc) is 3.31. The van der Waals surface area contributed by atoms with Crippen LogP contribution in [0, 0.1) is 5.41 Å². The molecule has 0 unspecified atom stereocenters. The number of likely N-dealkylation sites (tertiary alicyclic amines) is 1. The molecule has 4 heterocycles. The van der Waals surface area contributed by atoms with Crippen LogP contribution >= 0.6 is 11.3 Å². The molecule has 0 N–H and O–H groups in total. The van der Waals surface area contributed by atoms with Gasteiger partial charge in [0.2, 0.25) is 0 Å². The highest BCUT2D eigenvalue weighted by atomic mass is 32.1. The lowest BCUT2D eigenvalue weighted by Gasteiger charge is -2.40. The Hall–Kier alpha value is -2.19. The van der Waals surface area contributed by atoms with Gasteiger partial charge in [0.15, 0.2) is 0 Å². The van der Waals surface area contributed by atoms with Gasteiger partial charge in [-0.2, -0.15) is 13.2 Å². The Bertz CT molecular complexity index is 1040. The minimum Gasteiger partial charge on any atom is -0.356 e. The third-order valence-corrected chi connectivity index (χ3v) is 7.67. The van der Waals surface area contributed by atoms with E-state index in [1.165, 1.54) is 18.3 Å². The normalized spacial score (nSPS) is 19.5. The van der Waals surface area contributed by atoms with E-state index in [-0.39, 0.29) is 0 Å². The molecule has 164 valence electrons. The number of aromatic nitrogens is 2. The van der Waals surface area contributed by atoms with Gasteiger partial charge in [-0.3, -0.25) is 4.90 Å². The fraction of sp³-hybridized carbons (Fsp3) is 0.478. The molecule has 0 aliphatic carbocycles. The Labute approximate surface area is 183 Å². The Morgan fingerprint density at radius 3 is 2.48 bits per heavy atom. The number of nitrogens with zero attached hydrogens (tertiary/aromatic N) is 4. The summed E-state index contributed by atoms with van der Waals surface area (Å²) in [7, 11) is 0. The van der Waals surface area contributed by atoms with E-state index in [0.29, 0.717) is 15.1 Å². The number of hydrogen-bond donors (Lipinski definition) is 0. The monoisotopic (exact) mass is 446 g/mol. The largest absolute Gasteiger partial charge is 0.393 e. The van der Waals surface area contributed by atoms with Gasteiger partial charge in [-0.25, -0.2) is 9.97 Å². The van der Waals surface area contributed by atoms with Crippen molar-refractivity contribution in [1.82, 2.24) is 14.9 Å². The van der Waals surface area contributed by atoms with Gasteiger partial charge in [0.1, 0.15) is 17.0 Å². The molecular formula is C23H25F3N4S. The van der Waals surface area contributed by atoms with Crippen LogP contribution in [-0.2, 0) is 13.0 Å². The third kappa shape index (κ3) is 4.55. The fourth-order valence-electron chi connectivity index (χ4n) is 5.03. The summed E-state index contributed by atoms with van der Waals surface area (Å²) in [5.74, 6) is 0.781. The van der Waals surface area contributed by atoms with Crippen LogP contribution in [0.25, 0.3) is 10.2 Å². The summed E-state index contributed by atoms with van der Waals surface area (Å²) >= 11 is 1.12. The smallest absolute Gasteiger partial charge is 0.356 e. The maximum Gasteiger partial charge on any atom is 0.393 e. The highest BCUT2D eigenvalue weighted by Gasteiger charge is 2.41. The van der Waals surface area contributed by atoms with Crippen molar-refractivity contribution >= 4 is 27.4 Å². The second kappa shape index (κ2) is 8.06. The molecule has 31 heavy (non-hydrogen) atoms. The van der Waals surface area contributed by atoms with Crippen LogP contribution in [0.2, 0.25) is 0 Å². The first-order chi connectivity index (χ1) is 14.9. The van der Waals surface area contributed by atoms with E-state index in [2.05, 4.69) is 44.0 Å². The lowest BCUT2D eigenvalue weighted by atomic mass is 9.78. The zero-order valence-corrected chi connectivity index (χ0v) is 18.1. The summed E-state index contributed by atoms with van der Waals surface area (Å²) in [4.78, 5) is 14.4. The van der Waals surface area contributed by atoms with E-state index in [4.69, 9.17) is 0 Å². The Morgan fingerprint density at radius 1 is 1.00 bits per heavy atom. The molecule has 2 fully saturated rings. The van der Waals surface area contributed by atoms with Gasteiger partial charge in [0, 0.05) is 31.1 Å². The van der Waals surface area contributed by atoms with Crippen LogP contribution in [0.15, 0.2) is 42.7 Å². The standard InChI is InChI=1S/C23H25F3N4S/c24-23(25,26)13-18-12-19-20(27-16-28-21(19)31-18)30-10-7-22(8-11-30)6-9-29(15-22)14-17-4-2-1-3-5-17/h1-5,12,16H,6-11,13-15H2. The van der Waals surface area contributed by atoms with Crippen LogP contribution in [-0.4, -0.2) is 47.2 Å². The minimum absolute atomic E-state index is 0.296. The molecule has 2 aliphatic heterocycles. The molecule has 3 aromatic rings. The van der Waals surface area contributed by atoms with Crippen molar-refractivity contribution in [3.05, 3.63) is 53.2 Å². The van der Waals surface area contributed by atoms with E-state index in [9.17, 15) is 13.2 Å². The summed E-state index contributed by atoms with van der Waals surface area (Å²) in [6, 6.07) is 12.2. The molecule has 0 amide bonds. The van der Waals surface area contributed by atoms with Crippen LogP contribution in [0.5, 0.6) is 0 Å². The predicted octanol–water partition coefficient (Wildman–Crippen LogP) is 5.29. The number of benzene rings is 1. The topological polar surface area (TPSA) is 32.3 Å². The molecule has 0 saturated carbocycles. The van der Waals surface area contributed by atoms with Crippen LogP contribution in [0.4, 0.5) is 19.0 Å². The first-order valence-electron chi connectivity index (χ1n) is 10.7. The molecule has 5 rings (SSSR count). The van der Waals surface area contributed by atoms with E-state index in [1.54, 1.807) is 6.07 Å². The van der Waals surface area contributed by atoms with Crippen molar-refractivity contribution in [2.24, 2.45) is 5.41 Å². The van der Waals surface area contributed by atoms with Gasteiger partial charge in [0.05, 0.1) is 11.8 Å². The second-order valence-corrected chi connectivity index (χ2v) is 9.97. The molecule has 2 aromatic heterocycles. The average molecular weight is 447 g/mol. The number of thiophene rings is 1. The quantitative estimate of drug-likeness (QED) is 0.545. The second-order valence-electron chi connectivity index (χ2n) is 8.85. The molecule has 0 atom stereocenters. The highest BCUT2D eigenvalue weighted by Crippen LogP contribution is 2.42. The highest BCUT2D eigenvalue weighted by molar-refractivity contribution is 7.18. The molecule has 2 saturated heterocycles. The summed E-state index contributed by atoms with van der Waals surface area (Å²) in [5, 5.41) is 0.750. The fourth-order valence-corrected chi connectivity index (χ4v) is 6.06. The molecular weight excluding hydrogens is 421 g/mol. The van der Waals surface area contributed by atoms with Crippen LogP contribution in [0.3, 0.4) is 0 Å². The Balaban J connectivity index is 1.26. The summed E-state index contributed by atoms with van der Waals surface area (Å²) in [5.41, 5.74) is 1.69.